The van der Waals surface area contributed by atoms with Gasteiger partial charge in [0.25, 0.3) is 5.56 Å². The zero-order valence-corrected chi connectivity index (χ0v) is 15.8. The van der Waals surface area contributed by atoms with Crippen molar-refractivity contribution in [1.29, 1.82) is 0 Å². The average Bonchev–Trinajstić information content (AvgIpc) is 3.42. The Morgan fingerprint density at radius 1 is 0.852 bits per heavy atom. The lowest BCUT2D eigenvalue weighted by Gasteiger charge is -2.04. The van der Waals surface area contributed by atoms with Crippen molar-refractivity contribution in [2.75, 3.05) is 0 Å². The topological polar surface area (TPSA) is 34.4 Å². The molecule has 27 heavy (non-hydrogen) atoms. The van der Waals surface area contributed by atoms with Gasteiger partial charge in [-0.1, -0.05) is 78.1 Å². The van der Waals surface area contributed by atoms with Crippen molar-refractivity contribution in [2.45, 2.75) is 0 Å². The summed E-state index contributed by atoms with van der Waals surface area (Å²) in [6.07, 6.45) is 1.95. The van der Waals surface area contributed by atoms with Gasteiger partial charge in [0.1, 0.15) is 0 Å². The first-order chi connectivity index (χ1) is 13.3. The van der Waals surface area contributed by atoms with Gasteiger partial charge < -0.3 is 0 Å². The smallest absolute Gasteiger partial charge is 0.267 e. The Kier molecular flexibility index (Phi) is 3.96. The van der Waals surface area contributed by atoms with Crippen LogP contribution >= 0.6 is 22.7 Å². The van der Waals surface area contributed by atoms with Gasteiger partial charge in [0.15, 0.2) is 4.96 Å². The molecule has 5 heteroatoms. The summed E-state index contributed by atoms with van der Waals surface area (Å²) in [5, 5.41) is 2.01. The van der Waals surface area contributed by atoms with E-state index in [1.165, 1.54) is 11.3 Å². The predicted octanol–water partition coefficient (Wildman–Crippen LogP) is 4.70. The molecule has 0 unspecified atom stereocenters. The lowest BCUT2D eigenvalue weighted by atomic mass is 10.1. The van der Waals surface area contributed by atoms with Crippen molar-refractivity contribution in [3.05, 3.63) is 97.9 Å². The molecule has 5 rings (SSSR count). The Hall–Kier alpha value is -3.02. The van der Waals surface area contributed by atoms with Gasteiger partial charge in [-0.15, -0.1) is 11.3 Å². The highest BCUT2D eigenvalue weighted by atomic mass is 32.1. The molecule has 0 aliphatic carbocycles. The van der Waals surface area contributed by atoms with E-state index in [9.17, 15) is 4.79 Å². The third kappa shape index (κ3) is 2.81. The molecule has 0 amide bonds. The number of hydrogen-bond donors (Lipinski definition) is 0. The van der Waals surface area contributed by atoms with E-state index >= 15 is 0 Å². The summed E-state index contributed by atoms with van der Waals surface area (Å²) in [7, 11) is 0. The molecule has 2 aromatic carbocycles. The van der Waals surface area contributed by atoms with Gasteiger partial charge in [-0.05, 0) is 17.5 Å². The van der Waals surface area contributed by atoms with E-state index in [2.05, 4.69) is 0 Å². The fraction of sp³-hybridized carbons (Fsp3) is 0. The summed E-state index contributed by atoms with van der Waals surface area (Å²) >= 11 is 3.06. The first kappa shape index (κ1) is 16.2. The first-order valence-corrected chi connectivity index (χ1v) is 10.2. The van der Waals surface area contributed by atoms with Crippen LogP contribution in [0.4, 0.5) is 0 Å². The molecule has 0 bridgehead atoms. The van der Waals surface area contributed by atoms with Gasteiger partial charge >= 0.3 is 0 Å². The Balaban J connectivity index is 1.84. The van der Waals surface area contributed by atoms with Crippen LogP contribution < -0.4 is 10.1 Å². The number of imidazole rings is 1. The summed E-state index contributed by atoms with van der Waals surface area (Å²) in [6, 6.07) is 24.0. The van der Waals surface area contributed by atoms with Gasteiger partial charge in [0, 0.05) is 16.0 Å². The Bertz CT molecular complexity index is 1320. The molecular formula is C22H14N2OS2. The van der Waals surface area contributed by atoms with E-state index in [-0.39, 0.29) is 5.56 Å². The summed E-state index contributed by atoms with van der Waals surface area (Å²) in [4.78, 5) is 19.8. The molecule has 0 radical (unpaired) electrons. The van der Waals surface area contributed by atoms with E-state index in [0.29, 0.717) is 4.53 Å². The van der Waals surface area contributed by atoms with E-state index in [0.717, 1.165) is 32.4 Å². The van der Waals surface area contributed by atoms with E-state index in [4.69, 9.17) is 4.98 Å². The maximum atomic E-state index is 13.2. The minimum absolute atomic E-state index is 0.0167. The molecular weight excluding hydrogens is 372 g/mol. The molecule has 5 aromatic rings. The van der Waals surface area contributed by atoms with Crippen LogP contribution in [0.5, 0.6) is 0 Å². The lowest BCUT2D eigenvalue weighted by molar-refractivity contribution is 1.15. The Labute approximate surface area is 163 Å². The lowest BCUT2D eigenvalue weighted by Crippen LogP contribution is -2.23. The summed E-state index contributed by atoms with van der Waals surface area (Å²) in [5.41, 5.74) is 3.67. The highest BCUT2D eigenvalue weighted by Gasteiger charge is 2.19. The third-order valence-electron chi connectivity index (χ3n) is 4.37. The molecule has 0 N–H and O–H groups in total. The molecule has 3 nitrogen and oxygen atoms in total. The SMILES string of the molecule is O=c1/c(=C\c2cccs2)sc2nc(-c3ccccc3)c(-c3ccccc3)n12. The molecule has 0 aliphatic heterocycles. The average molecular weight is 387 g/mol. The number of benzene rings is 2. The molecule has 3 aromatic heterocycles. The van der Waals surface area contributed by atoms with Crippen LogP contribution in [0.3, 0.4) is 0 Å². The van der Waals surface area contributed by atoms with Crippen LogP contribution in [0, 0.1) is 0 Å². The van der Waals surface area contributed by atoms with Crippen molar-refractivity contribution in [1.82, 2.24) is 9.38 Å². The van der Waals surface area contributed by atoms with E-state index < -0.39 is 0 Å². The molecule has 130 valence electrons. The molecule has 0 aliphatic rings. The van der Waals surface area contributed by atoms with Gasteiger partial charge in [-0.2, -0.15) is 0 Å². The van der Waals surface area contributed by atoms with Crippen molar-refractivity contribution in [2.24, 2.45) is 0 Å². The Morgan fingerprint density at radius 2 is 1.56 bits per heavy atom. The highest BCUT2D eigenvalue weighted by Crippen LogP contribution is 2.32. The second-order valence-electron chi connectivity index (χ2n) is 6.09. The number of hydrogen-bond acceptors (Lipinski definition) is 4. The van der Waals surface area contributed by atoms with Gasteiger partial charge in [0.2, 0.25) is 0 Å². The third-order valence-corrected chi connectivity index (χ3v) is 6.16. The summed E-state index contributed by atoms with van der Waals surface area (Å²) in [5.74, 6) is 0. The number of nitrogens with zero attached hydrogens (tertiary/aromatic N) is 2. The minimum atomic E-state index is -0.0167. The maximum absolute atomic E-state index is 13.2. The molecule has 0 saturated heterocycles. The van der Waals surface area contributed by atoms with E-state index in [1.54, 1.807) is 15.7 Å². The van der Waals surface area contributed by atoms with E-state index in [1.807, 2.05) is 84.3 Å². The molecule has 3 heterocycles. The van der Waals surface area contributed by atoms with Gasteiger partial charge in [-0.3, -0.25) is 4.79 Å². The summed E-state index contributed by atoms with van der Waals surface area (Å²) in [6.45, 7) is 0. The second-order valence-corrected chi connectivity index (χ2v) is 8.08. The van der Waals surface area contributed by atoms with Crippen molar-refractivity contribution < 1.29 is 0 Å². The standard InChI is InChI=1S/C22H14N2OS2/c25-21-18(14-17-12-7-13-26-17)27-22-23-19(15-8-3-1-4-9-15)20(24(21)22)16-10-5-2-6-11-16/h1-14H/b18-14+. The van der Waals surface area contributed by atoms with Crippen LogP contribution in [0.2, 0.25) is 0 Å². The number of fused-ring (bicyclic) bond motifs is 1. The number of thiazole rings is 1. The predicted molar refractivity (Wildman–Crippen MR) is 113 cm³/mol. The first-order valence-electron chi connectivity index (χ1n) is 8.52. The zero-order chi connectivity index (χ0) is 18.2. The molecule has 0 atom stereocenters. The molecule has 0 saturated carbocycles. The fourth-order valence-corrected chi connectivity index (χ4v) is 4.86. The molecule has 0 fully saturated rings. The van der Waals surface area contributed by atoms with Crippen molar-refractivity contribution in [3.8, 4) is 22.5 Å². The number of thiophene rings is 1. The summed E-state index contributed by atoms with van der Waals surface area (Å²) < 4.78 is 2.46. The van der Waals surface area contributed by atoms with Crippen molar-refractivity contribution in [3.63, 3.8) is 0 Å². The van der Waals surface area contributed by atoms with Crippen LogP contribution in [-0.2, 0) is 0 Å². The second kappa shape index (κ2) is 6.61. The van der Waals surface area contributed by atoms with Gasteiger partial charge in [-0.25, -0.2) is 9.38 Å². The largest absolute Gasteiger partial charge is 0.275 e. The highest BCUT2D eigenvalue weighted by molar-refractivity contribution is 7.15. The normalized spacial score (nSPS) is 12.1. The van der Waals surface area contributed by atoms with Crippen LogP contribution in [0.25, 0.3) is 33.6 Å². The number of aromatic nitrogens is 2. The quantitative estimate of drug-likeness (QED) is 0.450. The maximum Gasteiger partial charge on any atom is 0.275 e. The molecule has 0 spiro atoms. The van der Waals surface area contributed by atoms with Crippen molar-refractivity contribution >= 4 is 33.7 Å². The van der Waals surface area contributed by atoms with Crippen LogP contribution in [-0.4, -0.2) is 9.38 Å². The zero-order valence-electron chi connectivity index (χ0n) is 14.2. The fourth-order valence-electron chi connectivity index (χ4n) is 3.16. The number of rotatable bonds is 3. The Morgan fingerprint density at radius 3 is 2.22 bits per heavy atom. The van der Waals surface area contributed by atoms with Gasteiger partial charge in [0.05, 0.1) is 15.9 Å². The van der Waals surface area contributed by atoms with Crippen LogP contribution in [0.15, 0.2) is 83.0 Å². The minimum Gasteiger partial charge on any atom is -0.267 e. The monoisotopic (exact) mass is 386 g/mol. The van der Waals surface area contributed by atoms with Crippen LogP contribution in [0.1, 0.15) is 4.88 Å².